The fourth-order valence-electron chi connectivity index (χ4n) is 2.12. The Kier molecular flexibility index (Phi) is 9.65. The topological polar surface area (TPSA) is 80.7 Å². The van der Waals surface area contributed by atoms with Crippen LogP contribution in [0.25, 0.3) is 0 Å². The number of carboxylic acids is 1. The molecular weight excluding hydrogens is 286 g/mol. The number of rotatable bonds is 12. The Labute approximate surface area is 133 Å². The lowest BCUT2D eigenvalue weighted by Gasteiger charge is -2.28. The Hall–Kier alpha value is -1.43. The first-order chi connectivity index (χ1) is 10.1. The molecule has 1 atom stereocenters. The lowest BCUT2D eigenvalue weighted by Crippen LogP contribution is -2.43. The molecule has 0 aliphatic rings. The van der Waals surface area contributed by atoms with Crippen LogP contribution in [-0.4, -0.2) is 61.1 Å². The van der Waals surface area contributed by atoms with Gasteiger partial charge in [-0.3, -0.25) is 14.4 Å². The zero-order valence-electron chi connectivity index (χ0n) is 14.3. The van der Waals surface area contributed by atoms with Gasteiger partial charge in [-0.05, 0) is 12.8 Å². The van der Waals surface area contributed by atoms with Crippen LogP contribution in [0, 0.1) is 0 Å². The quantitative estimate of drug-likeness (QED) is 0.440. The van der Waals surface area contributed by atoms with E-state index in [2.05, 4.69) is 0 Å². The summed E-state index contributed by atoms with van der Waals surface area (Å²) >= 11 is 0. The van der Waals surface area contributed by atoms with Crippen molar-refractivity contribution in [3.63, 3.8) is 0 Å². The minimum atomic E-state index is -0.985. The summed E-state index contributed by atoms with van der Waals surface area (Å²) in [5.74, 6) is -1.24. The maximum atomic E-state index is 11.8. The summed E-state index contributed by atoms with van der Waals surface area (Å²) in [6, 6.07) is 0. The maximum Gasteiger partial charge on any atom is 0.307 e. The molecule has 6 heteroatoms. The van der Waals surface area contributed by atoms with Crippen molar-refractivity contribution in [3.05, 3.63) is 0 Å². The number of ketones is 1. The number of nitrogens with zero attached hydrogens (tertiary/aromatic N) is 1. The van der Waals surface area contributed by atoms with Crippen molar-refractivity contribution in [1.82, 2.24) is 0 Å². The van der Waals surface area contributed by atoms with Crippen LogP contribution in [0.5, 0.6) is 0 Å². The lowest BCUT2D eigenvalue weighted by molar-refractivity contribution is -0.873. The largest absolute Gasteiger partial charge is 0.481 e. The summed E-state index contributed by atoms with van der Waals surface area (Å²) < 4.78 is 5.77. The van der Waals surface area contributed by atoms with Crippen molar-refractivity contribution in [3.8, 4) is 0 Å². The SMILES string of the molecule is CCCCC(=O)CCCC(=O)OC(CC(=O)O)C[N+](C)(C)C. The molecule has 6 nitrogen and oxygen atoms in total. The first kappa shape index (κ1) is 20.6. The van der Waals surface area contributed by atoms with Crippen molar-refractivity contribution < 1.29 is 28.7 Å². The number of hydrogen-bond acceptors (Lipinski definition) is 4. The molecule has 0 aromatic heterocycles. The Morgan fingerprint density at radius 1 is 1.05 bits per heavy atom. The van der Waals surface area contributed by atoms with Crippen molar-refractivity contribution >= 4 is 17.7 Å². The molecule has 0 aliphatic carbocycles. The second-order valence-electron chi connectivity index (χ2n) is 6.68. The van der Waals surface area contributed by atoms with E-state index >= 15 is 0 Å². The van der Waals surface area contributed by atoms with Gasteiger partial charge in [0.2, 0.25) is 0 Å². The van der Waals surface area contributed by atoms with Crippen LogP contribution in [0.3, 0.4) is 0 Å². The molecule has 1 unspecified atom stereocenters. The molecule has 1 N–H and O–H groups in total. The van der Waals surface area contributed by atoms with Crippen molar-refractivity contribution in [2.45, 2.75) is 58.0 Å². The first-order valence-electron chi connectivity index (χ1n) is 7.87. The highest BCUT2D eigenvalue weighted by Crippen LogP contribution is 2.09. The molecular formula is C16H30NO5+. The number of unbranched alkanes of at least 4 members (excludes halogenated alkanes) is 1. The number of quaternary nitrogens is 1. The van der Waals surface area contributed by atoms with E-state index in [1.54, 1.807) is 0 Å². The number of carbonyl (C=O) groups excluding carboxylic acids is 2. The van der Waals surface area contributed by atoms with Crippen molar-refractivity contribution in [1.29, 1.82) is 0 Å². The van der Waals surface area contributed by atoms with Crippen LogP contribution >= 0.6 is 0 Å². The molecule has 0 heterocycles. The van der Waals surface area contributed by atoms with E-state index in [0.29, 0.717) is 30.3 Å². The van der Waals surface area contributed by atoms with E-state index in [0.717, 1.165) is 12.8 Å². The number of carbonyl (C=O) groups is 3. The Bertz CT molecular complexity index is 373. The van der Waals surface area contributed by atoms with Gasteiger partial charge in [0.25, 0.3) is 0 Å². The zero-order valence-corrected chi connectivity index (χ0v) is 14.3. The van der Waals surface area contributed by atoms with Crippen LogP contribution < -0.4 is 0 Å². The standard InChI is InChI=1S/C16H29NO5/c1-5-6-8-13(18)9-7-10-16(21)22-14(11-15(19)20)12-17(2,3)4/h14H,5-12H2,1-4H3/p+1. The average molecular weight is 316 g/mol. The van der Waals surface area contributed by atoms with Gasteiger partial charge in [-0.1, -0.05) is 13.3 Å². The minimum Gasteiger partial charge on any atom is -0.481 e. The Morgan fingerprint density at radius 3 is 2.14 bits per heavy atom. The van der Waals surface area contributed by atoms with E-state index < -0.39 is 18.0 Å². The third kappa shape index (κ3) is 12.3. The molecule has 0 saturated carbocycles. The molecule has 0 radical (unpaired) electrons. The molecule has 0 fully saturated rings. The van der Waals surface area contributed by atoms with Crippen molar-refractivity contribution in [2.75, 3.05) is 27.7 Å². The van der Waals surface area contributed by atoms with Gasteiger partial charge in [0.15, 0.2) is 6.10 Å². The lowest BCUT2D eigenvalue weighted by atomic mass is 10.1. The average Bonchev–Trinajstić information content (AvgIpc) is 2.33. The van der Waals surface area contributed by atoms with Gasteiger partial charge in [0, 0.05) is 19.3 Å². The van der Waals surface area contributed by atoms with Gasteiger partial charge in [-0.15, -0.1) is 0 Å². The highest BCUT2D eigenvalue weighted by atomic mass is 16.5. The van der Waals surface area contributed by atoms with Crippen LogP contribution in [0.15, 0.2) is 0 Å². The number of ether oxygens (including phenoxy) is 1. The maximum absolute atomic E-state index is 11.8. The second-order valence-corrected chi connectivity index (χ2v) is 6.68. The molecule has 0 amide bonds. The van der Waals surface area contributed by atoms with Gasteiger partial charge in [0.05, 0.1) is 27.6 Å². The van der Waals surface area contributed by atoms with Crippen molar-refractivity contribution in [2.24, 2.45) is 0 Å². The van der Waals surface area contributed by atoms with Gasteiger partial charge in [-0.25, -0.2) is 0 Å². The van der Waals surface area contributed by atoms with E-state index in [1.165, 1.54) is 0 Å². The van der Waals surface area contributed by atoms with Crippen LogP contribution in [-0.2, 0) is 19.1 Å². The highest BCUT2D eigenvalue weighted by molar-refractivity contribution is 5.79. The second kappa shape index (κ2) is 10.3. The smallest absolute Gasteiger partial charge is 0.307 e. The van der Waals surface area contributed by atoms with E-state index in [-0.39, 0.29) is 18.6 Å². The van der Waals surface area contributed by atoms with Crippen LogP contribution in [0.1, 0.15) is 51.9 Å². The van der Waals surface area contributed by atoms with E-state index in [4.69, 9.17) is 9.84 Å². The van der Waals surface area contributed by atoms with Crippen LogP contribution in [0.4, 0.5) is 0 Å². The van der Waals surface area contributed by atoms with Gasteiger partial charge in [0.1, 0.15) is 12.3 Å². The molecule has 0 aromatic rings. The van der Waals surface area contributed by atoms with E-state index in [1.807, 2.05) is 28.1 Å². The fraction of sp³-hybridized carbons (Fsp3) is 0.812. The first-order valence-corrected chi connectivity index (χ1v) is 7.87. The normalized spacial score (nSPS) is 12.7. The number of Topliss-reactive ketones (excluding diaryl/α,β-unsaturated/α-hetero) is 1. The molecule has 0 spiro atoms. The zero-order chi connectivity index (χ0) is 17.2. The Balaban J connectivity index is 4.17. The summed E-state index contributed by atoms with van der Waals surface area (Å²) in [6.45, 7) is 2.47. The van der Waals surface area contributed by atoms with Gasteiger partial charge >= 0.3 is 11.9 Å². The predicted octanol–water partition coefficient (Wildman–Crippen LogP) is 2.01. The molecule has 0 rings (SSSR count). The van der Waals surface area contributed by atoms with E-state index in [9.17, 15) is 14.4 Å². The predicted molar refractivity (Wildman–Crippen MR) is 83.4 cm³/mol. The minimum absolute atomic E-state index is 0.158. The fourth-order valence-corrected chi connectivity index (χ4v) is 2.12. The number of esters is 1. The Morgan fingerprint density at radius 2 is 1.64 bits per heavy atom. The molecule has 0 saturated heterocycles. The number of hydrogen-bond donors (Lipinski definition) is 1. The third-order valence-electron chi connectivity index (χ3n) is 3.10. The molecule has 22 heavy (non-hydrogen) atoms. The molecule has 128 valence electrons. The summed E-state index contributed by atoms with van der Waals surface area (Å²) in [5.41, 5.74) is 0. The molecule has 0 aromatic carbocycles. The summed E-state index contributed by atoms with van der Waals surface area (Å²) in [7, 11) is 5.74. The summed E-state index contributed by atoms with van der Waals surface area (Å²) in [4.78, 5) is 34.1. The highest BCUT2D eigenvalue weighted by Gasteiger charge is 2.24. The molecule has 0 bridgehead atoms. The summed E-state index contributed by atoms with van der Waals surface area (Å²) in [5, 5.41) is 8.88. The van der Waals surface area contributed by atoms with Gasteiger partial charge in [-0.2, -0.15) is 0 Å². The monoisotopic (exact) mass is 316 g/mol. The summed E-state index contributed by atoms with van der Waals surface area (Å²) in [6.07, 6.45) is 2.60. The number of carboxylic acid groups (broad SMARTS) is 1. The third-order valence-corrected chi connectivity index (χ3v) is 3.10. The number of aliphatic carboxylic acids is 1. The van der Waals surface area contributed by atoms with Gasteiger partial charge < -0.3 is 14.3 Å². The number of likely N-dealkylation sites (N-methyl/N-ethyl adjacent to an activating group) is 1. The van der Waals surface area contributed by atoms with Crippen LogP contribution in [0.2, 0.25) is 0 Å². The molecule has 0 aliphatic heterocycles.